The fourth-order valence-electron chi connectivity index (χ4n) is 4.05. The van der Waals surface area contributed by atoms with Crippen LogP contribution in [0.25, 0.3) is 0 Å². The maximum absolute atomic E-state index is 3.76. The van der Waals surface area contributed by atoms with E-state index in [2.05, 4.69) is 89.9 Å². The number of hydrogen-bond donors (Lipinski definition) is 1. The van der Waals surface area contributed by atoms with E-state index in [0.717, 1.165) is 13.1 Å². The van der Waals surface area contributed by atoms with Crippen molar-refractivity contribution < 1.29 is 0 Å². The van der Waals surface area contributed by atoms with Gasteiger partial charge in [-0.3, -0.25) is 0 Å². The number of nitrogens with zero attached hydrogens (tertiary/aromatic N) is 2. The lowest BCUT2D eigenvalue weighted by molar-refractivity contribution is 0.192. The van der Waals surface area contributed by atoms with Gasteiger partial charge in [-0.15, -0.1) is 0 Å². The second-order valence-corrected chi connectivity index (χ2v) is 8.06. The van der Waals surface area contributed by atoms with Crippen molar-refractivity contribution in [2.45, 2.75) is 31.2 Å². The number of nitrogens with one attached hydrogen (secondary N) is 1. The van der Waals surface area contributed by atoms with Crippen molar-refractivity contribution in [2.75, 3.05) is 46.8 Å². The summed E-state index contributed by atoms with van der Waals surface area (Å²) in [7, 11) is 4.29. The van der Waals surface area contributed by atoms with Crippen LogP contribution in [-0.2, 0) is 0 Å². The van der Waals surface area contributed by atoms with Crippen LogP contribution in [-0.4, -0.2) is 62.7 Å². The van der Waals surface area contributed by atoms with E-state index < -0.39 is 0 Å². The third-order valence-electron chi connectivity index (χ3n) is 5.65. The van der Waals surface area contributed by atoms with Gasteiger partial charge < -0.3 is 15.1 Å². The predicted molar refractivity (Wildman–Crippen MR) is 115 cm³/mol. The van der Waals surface area contributed by atoms with Crippen LogP contribution >= 0.6 is 0 Å². The molecule has 1 heterocycles. The molecule has 2 aromatic carbocycles. The smallest absolute Gasteiger partial charge is 0.0217 e. The molecule has 0 bridgehead atoms. The monoisotopic (exact) mass is 365 g/mol. The molecule has 3 heteroatoms. The van der Waals surface area contributed by atoms with Crippen LogP contribution in [0, 0.1) is 0 Å². The summed E-state index contributed by atoms with van der Waals surface area (Å²) in [4.78, 5) is 4.92. The molecule has 0 aromatic heterocycles. The maximum Gasteiger partial charge on any atom is 0.0217 e. The van der Waals surface area contributed by atoms with Gasteiger partial charge in [-0.25, -0.2) is 0 Å². The van der Waals surface area contributed by atoms with Crippen LogP contribution in [0.5, 0.6) is 0 Å². The minimum Gasteiger partial charge on any atom is -0.314 e. The second-order valence-electron chi connectivity index (χ2n) is 8.06. The van der Waals surface area contributed by atoms with Crippen molar-refractivity contribution in [3.63, 3.8) is 0 Å². The highest BCUT2D eigenvalue weighted by molar-refractivity contribution is 5.32. The van der Waals surface area contributed by atoms with Gasteiger partial charge in [0, 0.05) is 18.5 Å². The lowest BCUT2D eigenvalue weighted by Gasteiger charge is -2.35. The predicted octanol–water partition coefficient (Wildman–Crippen LogP) is 3.82. The van der Waals surface area contributed by atoms with Gasteiger partial charge in [-0.2, -0.15) is 0 Å². The molecule has 0 unspecified atom stereocenters. The average Bonchev–Trinajstić information content (AvgIpc) is 2.71. The summed E-state index contributed by atoms with van der Waals surface area (Å²) in [5.41, 5.74) is 2.85. The number of likely N-dealkylation sites (tertiary alicyclic amines) is 1. The molecule has 0 amide bonds. The van der Waals surface area contributed by atoms with Gasteiger partial charge >= 0.3 is 0 Å². The summed E-state index contributed by atoms with van der Waals surface area (Å²) in [6, 6.07) is 22.7. The highest BCUT2D eigenvalue weighted by Gasteiger charge is 2.23. The molecule has 1 fully saturated rings. The van der Waals surface area contributed by atoms with Crippen LogP contribution in [0.4, 0.5) is 0 Å². The quantitative estimate of drug-likeness (QED) is 0.682. The van der Waals surface area contributed by atoms with Gasteiger partial charge in [0.1, 0.15) is 0 Å². The molecule has 27 heavy (non-hydrogen) atoms. The Bertz CT molecular complexity index is 594. The molecule has 3 nitrogen and oxygen atoms in total. The van der Waals surface area contributed by atoms with E-state index in [1.807, 2.05) is 0 Å². The van der Waals surface area contributed by atoms with Crippen molar-refractivity contribution in [1.29, 1.82) is 0 Å². The van der Waals surface area contributed by atoms with E-state index in [9.17, 15) is 0 Å². The van der Waals surface area contributed by atoms with Gasteiger partial charge in [0.2, 0.25) is 0 Å². The third kappa shape index (κ3) is 6.46. The Morgan fingerprint density at radius 2 is 1.48 bits per heavy atom. The number of piperidine rings is 1. The first-order valence-corrected chi connectivity index (χ1v) is 10.4. The Morgan fingerprint density at radius 3 is 2.00 bits per heavy atom. The van der Waals surface area contributed by atoms with Gasteiger partial charge in [-0.05, 0) is 70.7 Å². The van der Waals surface area contributed by atoms with E-state index in [4.69, 9.17) is 0 Å². The summed E-state index contributed by atoms with van der Waals surface area (Å²) in [6.45, 7) is 5.81. The zero-order valence-electron chi connectivity index (χ0n) is 17.0. The first-order valence-electron chi connectivity index (χ1n) is 10.4. The van der Waals surface area contributed by atoms with Crippen LogP contribution in [0.15, 0.2) is 60.7 Å². The summed E-state index contributed by atoms with van der Waals surface area (Å²) in [5.74, 6) is 0.456. The molecule has 0 spiro atoms. The van der Waals surface area contributed by atoms with Crippen LogP contribution in [0.3, 0.4) is 0 Å². The van der Waals surface area contributed by atoms with Crippen molar-refractivity contribution in [2.24, 2.45) is 0 Å². The zero-order chi connectivity index (χ0) is 18.9. The van der Waals surface area contributed by atoms with Crippen molar-refractivity contribution >= 4 is 0 Å². The molecule has 0 atom stereocenters. The Hall–Kier alpha value is -1.68. The molecule has 3 rings (SSSR count). The van der Waals surface area contributed by atoms with Crippen LogP contribution in [0.1, 0.15) is 36.3 Å². The minimum absolute atomic E-state index is 0.456. The Morgan fingerprint density at radius 1 is 0.926 bits per heavy atom. The molecule has 1 saturated heterocycles. The normalized spacial score (nSPS) is 16.3. The first-order chi connectivity index (χ1) is 13.2. The molecule has 0 saturated carbocycles. The average molecular weight is 366 g/mol. The Kier molecular flexibility index (Phi) is 7.88. The summed E-state index contributed by atoms with van der Waals surface area (Å²) in [5, 5.41) is 3.76. The summed E-state index contributed by atoms with van der Waals surface area (Å²) < 4.78 is 0. The van der Waals surface area contributed by atoms with Crippen LogP contribution in [0.2, 0.25) is 0 Å². The fraction of sp³-hybridized carbons (Fsp3) is 0.500. The molecule has 0 radical (unpaired) electrons. The first kappa shape index (κ1) is 20.1. The molecule has 2 aromatic rings. The Labute approximate surface area is 165 Å². The van der Waals surface area contributed by atoms with Crippen molar-refractivity contribution in [3.05, 3.63) is 71.8 Å². The lowest BCUT2D eigenvalue weighted by atomic mass is 9.90. The topological polar surface area (TPSA) is 18.5 Å². The zero-order valence-corrected chi connectivity index (χ0v) is 17.0. The van der Waals surface area contributed by atoms with E-state index in [1.165, 1.54) is 50.0 Å². The third-order valence-corrected chi connectivity index (χ3v) is 5.65. The number of benzene rings is 2. The minimum atomic E-state index is 0.456. The molecular weight excluding hydrogens is 330 g/mol. The SMILES string of the molecule is CN(C)CCCNC1CCN(CC(c2ccccc2)c2ccccc2)CC1. The van der Waals surface area contributed by atoms with Crippen molar-refractivity contribution in [3.8, 4) is 0 Å². The van der Waals surface area contributed by atoms with Gasteiger partial charge in [-0.1, -0.05) is 60.7 Å². The fourth-order valence-corrected chi connectivity index (χ4v) is 4.05. The molecule has 1 aliphatic heterocycles. The van der Waals surface area contributed by atoms with Gasteiger partial charge in [0.15, 0.2) is 0 Å². The van der Waals surface area contributed by atoms with Crippen molar-refractivity contribution in [1.82, 2.24) is 15.1 Å². The van der Waals surface area contributed by atoms with Gasteiger partial charge in [0.05, 0.1) is 0 Å². The van der Waals surface area contributed by atoms with Crippen LogP contribution < -0.4 is 5.32 Å². The van der Waals surface area contributed by atoms with E-state index in [0.29, 0.717) is 12.0 Å². The second kappa shape index (κ2) is 10.6. The molecule has 1 N–H and O–H groups in total. The molecule has 1 aliphatic rings. The molecule has 0 aliphatic carbocycles. The van der Waals surface area contributed by atoms with E-state index in [-0.39, 0.29) is 0 Å². The van der Waals surface area contributed by atoms with E-state index in [1.54, 1.807) is 0 Å². The number of hydrogen-bond acceptors (Lipinski definition) is 3. The highest BCUT2D eigenvalue weighted by Crippen LogP contribution is 2.26. The summed E-state index contributed by atoms with van der Waals surface area (Å²) in [6.07, 6.45) is 3.76. The Balaban J connectivity index is 1.52. The lowest BCUT2D eigenvalue weighted by Crippen LogP contribution is -2.44. The van der Waals surface area contributed by atoms with E-state index >= 15 is 0 Å². The summed E-state index contributed by atoms with van der Waals surface area (Å²) >= 11 is 0. The largest absolute Gasteiger partial charge is 0.314 e. The molecule has 146 valence electrons. The highest BCUT2D eigenvalue weighted by atomic mass is 15.1. The maximum atomic E-state index is 3.76. The van der Waals surface area contributed by atoms with Gasteiger partial charge in [0.25, 0.3) is 0 Å². The molecular formula is C24H35N3. The standard InChI is InChI=1S/C24H35N3/c1-26(2)17-9-16-25-23-14-18-27(19-15-23)20-24(21-10-5-3-6-11-21)22-12-7-4-8-13-22/h3-8,10-13,23-25H,9,14-20H2,1-2H3. The number of rotatable bonds is 9.